The summed E-state index contributed by atoms with van der Waals surface area (Å²) in [6.45, 7) is 2.05. The van der Waals surface area contributed by atoms with Crippen LogP contribution < -0.4 is 10.5 Å². The van der Waals surface area contributed by atoms with Gasteiger partial charge in [-0.15, -0.1) is 12.4 Å². The third-order valence-corrected chi connectivity index (χ3v) is 3.92. The van der Waals surface area contributed by atoms with E-state index >= 15 is 0 Å². The van der Waals surface area contributed by atoms with Gasteiger partial charge in [-0.2, -0.15) is 0 Å². The number of halogens is 1. The smallest absolute Gasteiger partial charge is 0.337 e. The second-order valence-electron chi connectivity index (χ2n) is 4.18. The molecule has 8 heteroatoms. The SMILES string of the molecule is COC(=O)c1cccc(S(=O)(=O)NCCC(C)N)c1.Cl. The van der Waals surface area contributed by atoms with Gasteiger partial charge in [0.05, 0.1) is 17.6 Å². The molecule has 1 atom stereocenters. The van der Waals surface area contributed by atoms with Crippen molar-refractivity contribution in [2.45, 2.75) is 24.3 Å². The molecule has 0 aliphatic heterocycles. The van der Waals surface area contributed by atoms with Gasteiger partial charge in [-0.3, -0.25) is 0 Å². The number of esters is 1. The molecule has 0 amide bonds. The molecule has 0 spiro atoms. The molecule has 0 saturated heterocycles. The van der Waals surface area contributed by atoms with E-state index in [0.717, 1.165) is 0 Å². The van der Waals surface area contributed by atoms with Crippen LogP contribution in [0.1, 0.15) is 23.7 Å². The highest BCUT2D eigenvalue weighted by Crippen LogP contribution is 2.12. The summed E-state index contributed by atoms with van der Waals surface area (Å²) >= 11 is 0. The van der Waals surface area contributed by atoms with Gasteiger partial charge in [0.1, 0.15) is 0 Å². The van der Waals surface area contributed by atoms with Crippen LogP contribution in [-0.4, -0.2) is 34.1 Å². The molecule has 0 radical (unpaired) electrons. The highest BCUT2D eigenvalue weighted by atomic mass is 35.5. The Morgan fingerprint density at radius 2 is 2.10 bits per heavy atom. The molecule has 1 aromatic carbocycles. The van der Waals surface area contributed by atoms with Gasteiger partial charge in [-0.05, 0) is 31.5 Å². The molecule has 0 aliphatic rings. The van der Waals surface area contributed by atoms with E-state index in [2.05, 4.69) is 9.46 Å². The second-order valence-corrected chi connectivity index (χ2v) is 5.95. The molecule has 0 bridgehead atoms. The van der Waals surface area contributed by atoms with Crippen LogP contribution in [0.25, 0.3) is 0 Å². The topological polar surface area (TPSA) is 98.5 Å². The van der Waals surface area contributed by atoms with Crippen LogP contribution in [0.4, 0.5) is 0 Å². The number of hydrogen-bond donors (Lipinski definition) is 2. The van der Waals surface area contributed by atoms with Crippen LogP contribution in [0.5, 0.6) is 0 Å². The summed E-state index contributed by atoms with van der Waals surface area (Å²) in [5.74, 6) is -0.576. The molecule has 3 N–H and O–H groups in total. The Morgan fingerprint density at radius 3 is 2.65 bits per heavy atom. The highest BCUT2D eigenvalue weighted by molar-refractivity contribution is 7.89. The van der Waals surface area contributed by atoms with Crippen molar-refractivity contribution in [3.63, 3.8) is 0 Å². The minimum Gasteiger partial charge on any atom is -0.465 e. The van der Waals surface area contributed by atoms with Crippen LogP contribution in [0.3, 0.4) is 0 Å². The number of nitrogens with two attached hydrogens (primary N) is 1. The number of hydrogen-bond acceptors (Lipinski definition) is 5. The molecule has 6 nitrogen and oxygen atoms in total. The molecule has 0 aromatic heterocycles. The first kappa shape index (κ1) is 18.9. The first-order chi connectivity index (χ1) is 8.86. The minimum absolute atomic E-state index is 0. The van der Waals surface area contributed by atoms with E-state index < -0.39 is 16.0 Å². The monoisotopic (exact) mass is 322 g/mol. The van der Waals surface area contributed by atoms with Gasteiger partial charge in [-0.1, -0.05) is 6.07 Å². The van der Waals surface area contributed by atoms with E-state index in [1.54, 1.807) is 6.92 Å². The van der Waals surface area contributed by atoms with Crippen molar-refractivity contribution in [2.75, 3.05) is 13.7 Å². The lowest BCUT2D eigenvalue weighted by Crippen LogP contribution is -2.29. The van der Waals surface area contributed by atoms with Crippen molar-refractivity contribution in [3.8, 4) is 0 Å². The largest absolute Gasteiger partial charge is 0.465 e. The van der Waals surface area contributed by atoms with Crippen molar-refractivity contribution in [3.05, 3.63) is 29.8 Å². The molecular weight excluding hydrogens is 304 g/mol. The van der Waals surface area contributed by atoms with E-state index in [-0.39, 0.29) is 35.5 Å². The van der Waals surface area contributed by atoms with Crippen LogP contribution >= 0.6 is 12.4 Å². The van der Waals surface area contributed by atoms with E-state index in [9.17, 15) is 13.2 Å². The number of carbonyl (C=O) groups is 1. The van der Waals surface area contributed by atoms with Crippen molar-refractivity contribution in [1.29, 1.82) is 0 Å². The maximum Gasteiger partial charge on any atom is 0.337 e. The molecule has 0 aliphatic carbocycles. The van der Waals surface area contributed by atoms with Crippen LogP contribution in [0.2, 0.25) is 0 Å². The maximum absolute atomic E-state index is 12.0. The van der Waals surface area contributed by atoms with E-state index in [0.29, 0.717) is 6.42 Å². The van der Waals surface area contributed by atoms with E-state index in [1.807, 2.05) is 0 Å². The fourth-order valence-electron chi connectivity index (χ4n) is 1.41. The number of ether oxygens (including phenoxy) is 1. The minimum atomic E-state index is -3.63. The van der Waals surface area contributed by atoms with E-state index in [1.165, 1.54) is 31.4 Å². The molecule has 0 fully saturated rings. The Kier molecular flexibility index (Phi) is 7.74. The van der Waals surface area contributed by atoms with Gasteiger partial charge in [0.25, 0.3) is 0 Å². The molecule has 1 rings (SSSR count). The van der Waals surface area contributed by atoms with E-state index in [4.69, 9.17) is 5.73 Å². The Balaban J connectivity index is 0.00000361. The number of carbonyl (C=O) groups excluding carboxylic acids is 1. The second kappa shape index (κ2) is 8.21. The predicted octanol–water partition coefficient (Wildman–Crippen LogP) is 0.911. The lowest BCUT2D eigenvalue weighted by Gasteiger charge is -2.09. The zero-order valence-corrected chi connectivity index (χ0v) is 13.0. The summed E-state index contributed by atoms with van der Waals surface area (Å²) in [7, 11) is -2.39. The van der Waals surface area contributed by atoms with Gasteiger partial charge < -0.3 is 10.5 Å². The van der Waals surface area contributed by atoms with Crippen LogP contribution in [0, 0.1) is 0 Å². The maximum atomic E-state index is 12.0. The standard InChI is InChI=1S/C12H18N2O4S.ClH/c1-9(13)6-7-14-19(16,17)11-5-3-4-10(8-11)12(15)18-2;/h3-5,8-9,14H,6-7,13H2,1-2H3;1H. The predicted molar refractivity (Wildman–Crippen MR) is 78.5 cm³/mol. The average molecular weight is 323 g/mol. The average Bonchev–Trinajstić information content (AvgIpc) is 2.37. The summed E-state index contributed by atoms with van der Waals surface area (Å²) in [4.78, 5) is 11.4. The number of sulfonamides is 1. The van der Waals surface area contributed by atoms with Gasteiger partial charge in [-0.25, -0.2) is 17.9 Å². The number of nitrogens with one attached hydrogen (secondary N) is 1. The fourth-order valence-corrected chi connectivity index (χ4v) is 2.51. The zero-order valence-electron chi connectivity index (χ0n) is 11.3. The number of methoxy groups -OCH3 is 1. The number of benzene rings is 1. The summed E-state index contributed by atoms with van der Waals surface area (Å²) < 4.78 is 30.9. The third-order valence-electron chi connectivity index (χ3n) is 2.46. The Hall–Kier alpha value is -1.15. The van der Waals surface area contributed by atoms with Gasteiger partial charge in [0, 0.05) is 12.6 Å². The summed E-state index contributed by atoms with van der Waals surface area (Å²) in [6, 6.07) is 5.60. The van der Waals surface area contributed by atoms with Gasteiger partial charge in [0.2, 0.25) is 10.0 Å². The molecule has 20 heavy (non-hydrogen) atoms. The molecule has 0 saturated carbocycles. The Labute approximate surface area is 125 Å². The first-order valence-electron chi connectivity index (χ1n) is 5.80. The fraction of sp³-hybridized carbons (Fsp3) is 0.417. The third kappa shape index (κ3) is 5.46. The lowest BCUT2D eigenvalue weighted by molar-refractivity contribution is 0.0600. The van der Waals surface area contributed by atoms with Gasteiger partial charge in [0.15, 0.2) is 0 Å². The number of rotatable bonds is 6. The molecule has 114 valence electrons. The highest BCUT2D eigenvalue weighted by Gasteiger charge is 2.16. The van der Waals surface area contributed by atoms with Crippen LogP contribution in [0.15, 0.2) is 29.2 Å². The summed E-state index contributed by atoms with van der Waals surface area (Å²) in [5, 5.41) is 0. The lowest BCUT2D eigenvalue weighted by atomic mass is 10.2. The summed E-state index contributed by atoms with van der Waals surface area (Å²) in [5.41, 5.74) is 5.74. The van der Waals surface area contributed by atoms with Gasteiger partial charge >= 0.3 is 5.97 Å². The Bertz CT molecular complexity index is 546. The quantitative estimate of drug-likeness (QED) is 0.758. The Morgan fingerprint density at radius 1 is 1.45 bits per heavy atom. The summed E-state index contributed by atoms with van der Waals surface area (Å²) in [6.07, 6.45) is 0.538. The normalized spacial score (nSPS) is 12.3. The molecule has 1 unspecified atom stereocenters. The molecular formula is C12H19ClN2O4S. The molecule has 0 heterocycles. The molecule has 1 aromatic rings. The zero-order chi connectivity index (χ0) is 14.5. The van der Waals surface area contributed by atoms with Crippen LogP contribution in [-0.2, 0) is 14.8 Å². The van der Waals surface area contributed by atoms with Crippen molar-refractivity contribution in [1.82, 2.24) is 4.72 Å². The van der Waals surface area contributed by atoms with Crippen molar-refractivity contribution < 1.29 is 17.9 Å². The van der Waals surface area contributed by atoms with Crippen molar-refractivity contribution >= 4 is 28.4 Å². The van der Waals surface area contributed by atoms with Crippen molar-refractivity contribution in [2.24, 2.45) is 5.73 Å². The first-order valence-corrected chi connectivity index (χ1v) is 7.29.